The van der Waals surface area contributed by atoms with Crippen LogP contribution in [-0.2, 0) is 19.2 Å². The SMILES string of the molecule is Cc1ncsc1-c1ccc([C@H](C)NC(=O)[C@@H]2C[C@@H](C)CN2C(=O)[C@@H](NC(=O)COc2ccc(OCCNC(=O)CC3N=C(c4ccc(Cl)cc4)c4c(sc(C)c4C)-n4c(C)nnc43)nc2)C(C)(C)C)cc1. The van der Waals surface area contributed by atoms with Gasteiger partial charge in [0.2, 0.25) is 23.6 Å². The topological polar surface area (TPSA) is 195 Å². The van der Waals surface area contributed by atoms with Crippen molar-refractivity contribution >= 4 is 63.6 Å². The second-order valence-electron chi connectivity index (χ2n) is 19.3. The van der Waals surface area contributed by atoms with Crippen LogP contribution in [0.2, 0.25) is 5.02 Å². The third-order valence-electron chi connectivity index (χ3n) is 12.8. The van der Waals surface area contributed by atoms with E-state index < -0.39 is 29.4 Å². The van der Waals surface area contributed by atoms with Crippen LogP contribution in [0.1, 0.15) is 104 Å². The van der Waals surface area contributed by atoms with E-state index in [1.54, 1.807) is 39.7 Å². The number of nitrogens with zero attached hydrogens (tertiary/aromatic N) is 7. The van der Waals surface area contributed by atoms with Gasteiger partial charge >= 0.3 is 0 Å². The number of thiazole rings is 1. The van der Waals surface area contributed by atoms with Crippen molar-refractivity contribution in [2.45, 2.75) is 99.3 Å². The minimum atomic E-state index is -0.923. The van der Waals surface area contributed by atoms with E-state index in [0.717, 1.165) is 54.0 Å². The van der Waals surface area contributed by atoms with Gasteiger partial charge in [0.1, 0.15) is 41.3 Å². The maximum Gasteiger partial charge on any atom is 0.258 e. The van der Waals surface area contributed by atoms with Crippen LogP contribution in [-0.4, -0.2) is 97.4 Å². The molecule has 0 aliphatic carbocycles. The Morgan fingerprint density at radius 3 is 2.31 bits per heavy atom. The Kier molecular flexibility index (Phi) is 15.4. The van der Waals surface area contributed by atoms with Crippen LogP contribution >= 0.6 is 34.3 Å². The number of likely N-dealkylation sites (tertiary alicyclic amines) is 1. The van der Waals surface area contributed by atoms with Crippen LogP contribution in [0.25, 0.3) is 15.4 Å². The molecule has 0 radical (unpaired) electrons. The molecule has 6 aromatic rings. The highest BCUT2D eigenvalue weighted by Crippen LogP contribution is 2.40. The van der Waals surface area contributed by atoms with Gasteiger partial charge in [-0.25, -0.2) is 9.97 Å². The second kappa shape index (κ2) is 21.5. The smallest absolute Gasteiger partial charge is 0.258 e. The van der Waals surface area contributed by atoms with Crippen molar-refractivity contribution in [3.63, 3.8) is 0 Å². The minimum absolute atomic E-state index is 0.0325. The van der Waals surface area contributed by atoms with Gasteiger partial charge in [-0.3, -0.25) is 28.7 Å². The molecule has 19 heteroatoms. The van der Waals surface area contributed by atoms with E-state index in [4.69, 9.17) is 26.1 Å². The van der Waals surface area contributed by atoms with Crippen molar-refractivity contribution in [1.82, 2.24) is 45.6 Å². The number of hydrogen-bond acceptors (Lipinski definition) is 13. The fourth-order valence-corrected chi connectivity index (χ4v) is 11.0. The van der Waals surface area contributed by atoms with Gasteiger partial charge in [-0.1, -0.05) is 75.7 Å². The number of carbonyl (C=O) groups excluding carboxylic acids is 4. The molecule has 0 saturated carbocycles. The summed E-state index contributed by atoms with van der Waals surface area (Å²) in [5.74, 6) is 0.699. The van der Waals surface area contributed by atoms with Gasteiger partial charge in [0, 0.05) is 33.6 Å². The molecule has 6 heterocycles. The molecule has 5 atom stereocenters. The highest BCUT2D eigenvalue weighted by atomic mass is 35.5. The lowest BCUT2D eigenvalue weighted by molar-refractivity contribution is -0.144. The van der Waals surface area contributed by atoms with Gasteiger partial charge in [-0.2, -0.15) is 0 Å². The van der Waals surface area contributed by atoms with Crippen molar-refractivity contribution in [1.29, 1.82) is 0 Å². The lowest BCUT2D eigenvalue weighted by atomic mass is 9.85. The van der Waals surface area contributed by atoms with Gasteiger partial charge in [0.05, 0.1) is 47.0 Å². The van der Waals surface area contributed by atoms with E-state index in [-0.39, 0.29) is 55.9 Å². The first-order valence-corrected chi connectivity index (χ1v) is 25.7. The first-order valence-electron chi connectivity index (χ1n) is 23.6. The van der Waals surface area contributed by atoms with Crippen molar-refractivity contribution in [2.75, 3.05) is 26.3 Å². The predicted octanol–water partition coefficient (Wildman–Crippen LogP) is 8.24. The molecule has 0 bridgehead atoms. The van der Waals surface area contributed by atoms with Crippen molar-refractivity contribution in [2.24, 2.45) is 16.3 Å². The summed E-state index contributed by atoms with van der Waals surface area (Å²) in [6, 6.07) is 16.3. The number of thiophene rings is 1. The summed E-state index contributed by atoms with van der Waals surface area (Å²) >= 11 is 9.48. The van der Waals surface area contributed by atoms with Crippen LogP contribution in [0, 0.1) is 39.0 Å². The number of pyridine rings is 1. The molecule has 2 aliphatic heterocycles. The van der Waals surface area contributed by atoms with E-state index in [0.29, 0.717) is 41.3 Å². The maximum absolute atomic E-state index is 14.3. The predicted molar refractivity (Wildman–Crippen MR) is 276 cm³/mol. The Morgan fingerprint density at radius 2 is 1.63 bits per heavy atom. The number of hydrogen-bond donors (Lipinski definition) is 3. The van der Waals surface area contributed by atoms with Crippen LogP contribution in [0.15, 0.2) is 77.4 Å². The van der Waals surface area contributed by atoms with Crippen molar-refractivity contribution < 1.29 is 28.7 Å². The van der Waals surface area contributed by atoms with Gasteiger partial charge in [-0.15, -0.1) is 32.9 Å². The van der Waals surface area contributed by atoms with Crippen LogP contribution in [0.5, 0.6) is 11.6 Å². The van der Waals surface area contributed by atoms with Crippen LogP contribution in [0.4, 0.5) is 0 Å². The highest BCUT2D eigenvalue weighted by Gasteiger charge is 2.44. The summed E-state index contributed by atoms with van der Waals surface area (Å²) in [5, 5.41) is 19.4. The van der Waals surface area contributed by atoms with Crippen molar-refractivity contribution in [3.8, 4) is 27.1 Å². The molecule has 2 aliphatic rings. The number of aryl methyl sites for hydroxylation is 3. The van der Waals surface area contributed by atoms with Crippen molar-refractivity contribution in [3.05, 3.63) is 122 Å². The molecule has 8 rings (SSSR count). The van der Waals surface area contributed by atoms with E-state index in [1.165, 1.54) is 6.20 Å². The van der Waals surface area contributed by atoms with Crippen LogP contribution in [0.3, 0.4) is 0 Å². The maximum atomic E-state index is 14.3. The molecule has 4 aromatic heterocycles. The van der Waals surface area contributed by atoms with E-state index >= 15 is 0 Å². The zero-order chi connectivity index (χ0) is 50.7. The minimum Gasteiger partial charge on any atom is -0.482 e. The number of amides is 4. The fourth-order valence-electron chi connectivity index (χ4n) is 8.86. The molecule has 71 heavy (non-hydrogen) atoms. The monoisotopic (exact) mass is 1020 g/mol. The highest BCUT2D eigenvalue weighted by molar-refractivity contribution is 7.15. The molecule has 16 nitrogen and oxygen atoms in total. The number of ether oxygens (including phenoxy) is 2. The number of carbonyl (C=O) groups is 4. The molecular weight excluding hydrogens is 960 g/mol. The van der Waals surface area contributed by atoms with E-state index in [9.17, 15) is 19.2 Å². The summed E-state index contributed by atoms with van der Waals surface area (Å²) in [6.45, 7) is 18.0. The summed E-state index contributed by atoms with van der Waals surface area (Å²) in [4.78, 5) is 72.6. The first-order chi connectivity index (χ1) is 33.9. The average molecular weight is 1020 g/mol. The number of halogens is 1. The summed E-state index contributed by atoms with van der Waals surface area (Å²) in [7, 11) is 0. The third-order valence-corrected chi connectivity index (χ3v) is 15.2. The first kappa shape index (κ1) is 50.9. The zero-order valence-electron chi connectivity index (χ0n) is 41.3. The number of aliphatic imine (C=N–C) groups is 1. The zero-order valence-corrected chi connectivity index (χ0v) is 43.7. The number of nitrogens with one attached hydrogen (secondary N) is 3. The Labute approximate surface area is 426 Å². The van der Waals surface area contributed by atoms with Gasteiger partial charge in [-0.05, 0) is 87.3 Å². The number of fused-ring (bicyclic) bond motifs is 3. The van der Waals surface area contributed by atoms with Crippen LogP contribution < -0.4 is 25.4 Å². The molecule has 4 amide bonds. The molecule has 372 valence electrons. The molecule has 1 fully saturated rings. The Bertz CT molecular complexity index is 2940. The van der Waals surface area contributed by atoms with E-state index in [1.807, 2.05) is 107 Å². The normalized spacial score (nSPS) is 17.3. The largest absolute Gasteiger partial charge is 0.482 e. The third kappa shape index (κ3) is 11.5. The summed E-state index contributed by atoms with van der Waals surface area (Å²) in [6.07, 6.45) is 1.97. The molecule has 2 aromatic carbocycles. The van der Waals surface area contributed by atoms with Gasteiger partial charge in [0.15, 0.2) is 12.4 Å². The second-order valence-corrected chi connectivity index (χ2v) is 21.8. The standard InChI is InChI=1S/C52H59ClN10O6S2/c1-28-22-40(49(66)57-30(3)34-10-12-36(13-11-34)46-31(4)56-27-70-46)62(25-28)50(67)47(52(7,8)9)59-42(65)26-69-38-18-19-43(55-24-38)68-21-20-54-41(64)23-39-48-61-60-33(6)63(48)51-44(29(2)32(5)71-51)45(58-39)35-14-16-37(53)17-15-35/h10-19,24,27-28,30,39-40,47H,20-23,25-26H2,1-9H3,(H,54,64)(H,57,66)(H,59,65)/t28-,30+,39?,40+,47-/m1/s1. The lowest BCUT2D eigenvalue weighted by Gasteiger charge is -2.35. The number of aromatic nitrogens is 5. The lowest BCUT2D eigenvalue weighted by Crippen LogP contribution is -2.58. The molecule has 3 N–H and O–H groups in total. The Morgan fingerprint density at radius 1 is 0.901 bits per heavy atom. The molecule has 1 unspecified atom stereocenters. The summed E-state index contributed by atoms with van der Waals surface area (Å²) in [5.41, 5.74) is 7.89. The Hall–Kier alpha value is -6.50. The molecule has 1 saturated heterocycles. The van der Waals surface area contributed by atoms with Gasteiger partial charge in [0.25, 0.3) is 5.91 Å². The number of rotatable bonds is 16. The quantitative estimate of drug-likeness (QED) is 0.0795. The fraction of sp³-hybridized carbons (Fsp3) is 0.404. The summed E-state index contributed by atoms with van der Waals surface area (Å²) < 4.78 is 13.6. The average Bonchev–Trinajstić information content (AvgIpc) is 4.11. The Balaban J connectivity index is 0.815. The number of benzene rings is 2. The molecule has 0 spiro atoms. The molecular formula is C52H59ClN10O6S2. The van der Waals surface area contributed by atoms with E-state index in [2.05, 4.69) is 50.0 Å². The van der Waals surface area contributed by atoms with Gasteiger partial charge < -0.3 is 30.3 Å².